The van der Waals surface area contributed by atoms with Gasteiger partial charge in [-0.05, 0) is 11.6 Å². The molecule has 0 aromatic heterocycles. The summed E-state index contributed by atoms with van der Waals surface area (Å²) in [4.78, 5) is 0. The average molecular weight is 181 g/mol. The quantitative estimate of drug-likeness (QED) is 0.508. The van der Waals surface area contributed by atoms with Crippen molar-refractivity contribution in [3.05, 3.63) is 47.5 Å². The fourth-order valence-corrected chi connectivity index (χ4v) is 1.32. The van der Waals surface area contributed by atoms with E-state index in [1.165, 1.54) is 0 Å². The first-order valence-electron chi connectivity index (χ1n) is 4.36. The zero-order valence-corrected chi connectivity index (χ0v) is 8.12. The zero-order chi connectivity index (χ0) is 10.6. The lowest BCUT2D eigenvalue weighted by molar-refractivity contribution is 0.964. The Bertz CT molecular complexity index is 430. The summed E-state index contributed by atoms with van der Waals surface area (Å²) in [5, 5.41) is 8.99. The summed E-state index contributed by atoms with van der Waals surface area (Å²) in [6.07, 6.45) is 7.11. The van der Waals surface area contributed by atoms with Gasteiger partial charge in [-0.3, -0.25) is 0 Å². The number of hydrogen-bond donors (Lipinski definition) is 0. The van der Waals surface area contributed by atoms with E-state index in [1.807, 2.05) is 19.1 Å². The predicted octanol–water partition coefficient (Wildman–Crippen LogP) is 2.83. The second-order valence-corrected chi connectivity index (χ2v) is 3.05. The van der Waals surface area contributed by atoms with Crippen LogP contribution in [0.25, 0.3) is 0 Å². The van der Waals surface area contributed by atoms with Gasteiger partial charge in [-0.1, -0.05) is 31.1 Å². The summed E-state index contributed by atoms with van der Waals surface area (Å²) in [5.41, 5.74) is 2.18. The van der Waals surface area contributed by atoms with Gasteiger partial charge in [0.05, 0.1) is 5.56 Å². The summed E-state index contributed by atoms with van der Waals surface area (Å²) in [6, 6.07) is 7.69. The van der Waals surface area contributed by atoms with Crippen LogP contribution in [0.4, 0.5) is 0 Å². The van der Waals surface area contributed by atoms with E-state index in [0.29, 0.717) is 11.1 Å². The van der Waals surface area contributed by atoms with Crippen molar-refractivity contribution in [2.45, 2.75) is 12.8 Å². The van der Waals surface area contributed by atoms with Crippen LogP contribution in [0.2, 0.25) is 0 Å². The lowest BCUT2D eigenvalue weighted by atomic mass is 9.93. The van der Waals surface area contributed by atoms with Crippen molar-refractivity contribution in [1.82, 2.24) is 0 Å². The van der Waals surface area contributed by atoms with Crippen LogP contribution in [0.1, 0.15) is 29.5 Å². The Morgan fingerprint density at radius 1 is 1.57 bits per heavy atom. The molecule has 0 radical (unpaired) electrons. The number of benzene rings is 1. The van der Waals surface area contributed by atoms with Gasteiger partial charge in [0, 0.05) is 11.5 Å². The van der Waals surface area contributed by atoms with E-state index in [2.05, 4.69) is 18.6 Å². The smallest absolute Gasteiger partial charge is 0.101 e. The standard InChI is InChI=1S/C13H11N/c1-4-10(3)12-8-6-7-11(5-2)13(12)9-14/h2,4,6-8,10H,1H2,3H3. The Kier molecular flexibility index (Phi) is 3.10. The molecule has 14 heavy (non-hydrogen) atoms. The maximum absolute atomic E-state index is 8.99. The molecule has 0 N–H and O–H groups in total. The van der Waals surface area contributed by atoms with E-state index in [9.17, 15) is 0 Å². The number of nitriles is 1. The number of allylic oxidation sites excluding steroid dienone is 1. The van der Waals surface area contributed by atoms with Gasteiger partial charge in [-0.25, -0.2) is 0 Å². The van der Waals surface area contributed by atoms with Gasteiger partial charge < -0.3 is 0 Å². The van der Waals surface area contributed by atoms with Gasteiger partial charge in [0.15, 0.2) is 0 Å². The fraction of sp³-hybridized carbons (Fsp3) is 0.154. The summed E-state index contributed by atoms with van der Waals surface area (Å²) in [7, 11) is 0. The van der Waals surface area contributed by atoms with Crippen molar-refractivity contribution in [3.8, 4) is 18.4 Å². The summed E-state index contributed by atoms with van der Waals surface area (Å²) in [6.45, 7) is 5.70. The van der Waals surface area contributed by atoms with Crippen molar-refractivity contribution in [1.29, 1.82) is 5.26 Å². The van der Waals surface area contributed by atoms with Crippen LogP contribution in [0, 0.1) is 23.7 Å². The Balaban J connectivity index is 3.40. The summed E-state index contributed by atoms with van der Waals surface area (Å²) >= 11 is 0. The van der Waals surface area contributed by atoms with Crippen molar-refractivity contribution in [3.63, 3.8) is 0 Å². The van der Waals surface area contributed by atoms with Gasteiger partial charge in [0.1, 0.15) is 6.07 Å². The Labute approximate surface area is 84.7 Å². The first-order chi connectivity index (χ1) is 6.74. The number of rotatable bonds is 2. The van der Waals surface area contributed by atoms with E-state index in [0.717, 1.165) is 5.56 Å². The topological polar surface area (TPSA) is 23.8 Å². The second-order valence-electron chi connectivity index (χ2n) is 3.05. The van der Waals surface area contributed by atoms with Gasteiger partial charge in [0.25, 0.3) is 0 Å². The molecule has 1 aromatic carbocycles. The van der Waals surface area contributed by atoms with Crippen LogP contribution in [-0.4, -0.2) is 0 Å². The molecule has 0 saturated carbocycles. The first kappa shape index (κ1) is 10.1. The van der Waals surface area contributed by atoms with Crippen molar-refractivity contribution in [2.75, 3.05) is 0 Å². The van der Waals surface area contributed by atoms with Crippen molar-refractivity contribution < 1.29 is 0 Å². The molecule has 0 spiro atoms. The fourth-order valence-electron chi connectivity index (χ4n) is 1.32. The molecule has 0 aliphatic heterocycles. The summed E-state index contributed by atoms with van der Waals surface area (Å²) in [5.74, 6) is 2.66. The predicted molar refractivity (Wildman–Crippen MR) is 57.7 cm³/mol. The lowest BCUT2D eigenvalue weighted by Gasteiger charge is -2.09. The Morgan fingerprint density at radius 2 is 2.29 bits per heavy atom. The lowest BCUT2D eigenvalue weighted by Crippen LogP contribution is -1.96. The minimum atomic E-state index is 0.151. The van der Waals surface area contributed by atoms with Crippen LogP contribution >= 0.6 is 0 Å². The van der Waals surface area contributed by atoms with Crippen LogP contribution in [0.5, 0.6) is 0 Å². The molecule has 1 atom stereocenters. The van der Waals surface area contributed by atoms with Crippen LogP contribution in [0.15, 0.2) is 30.9 Å². The Morgan fingerprint density at radius 3 is 2.79 bits per heavy atom. The monoisotopic (exact) mass is 181 g/mol. The van der Waals surface area contributed by atoms with Gasteiger partial charge >= 0.3 is 0 Å². The van der Waals surface area contributed by atoms with E-state index in [4.69, 9.17) is 11.7 Å². The van der Waals surface area contributed by atoms with Crippen LogP contribution < -0.4 is 0 Å². The average Bonchev–Trinajstić information content (AvgIpc) is 2.26. The van der Waals surface area contributed by atoms with Gasteiger partial charge in [-0.2, -0.15) is 5.26 Å². The van der Waals surface area contributed by atoms with E-state index >= 15 is 0 Å². The molecule has 68 valence electrons. The highest BCUT2D eigenvalue weighted by atomic mass is 14.3. The molecular formula is C13H11N. The molecule has 0 saturated heterocycles. The molecule has 1 unspecified atom stereocenters. The third kappa shape index (κ3) is 1.68. The SMILES string of the molecule is C#Cc1cccc(C(C)C=C)c1C#N. The minimum Gasteiger partial charge on any atom is -0.192 e. The van der Waals surface area contributed by atoms with Gasteiger partial charge in [-0.15, -0.1) is 13.0 Å². The van der Waals surface area contributed by atoms with Crippen molar-refractivity contribution >= 4 is 0 Å². The summed E-state index contributed by atoms with van der Waals surface area (Å²) < 4.78 is 0. The molecular weight excluding hydrogens is 170 g/mol. The molecule has 0 heterocycles. The molecule has 0 aliphatic carbocycles. The molecule has 1 aromatic rings. The number of hydrogen-bond acceptors (Lipinski definition) is 1. The largest absolute Gasteiger partial charge is 0.192 e. The maximum Gasteiger partial charge on any atom is 0.101 e. The minimum absolute atomic E-state index is 0.151. The highest BCUT2D eigenvalue weighted by Gasteiger charge is 2.09. The third-order valence-corrected chi connectivity index (χ3v) is 2.21. The normalized spacial score (nSPS) is 11.1. The molecule has 1 heteroatoms. The van der Waals surface area contributed by atoms with Crippen LogP contribution in [0.3, 0.4) is 0 Å². The molecule has 0 amide bonds. The number of terminal acetylenes is 1. The third-order valence-electron chi connectivity index (χ3n) is 2.21. The van der Waals surface area contributed by atoms with E-state index in [1.54, 1.807) is 12.1 Å². The molecule has 0 aliphatic rings. The molecule has 0 fully saturated rings. The highest BCUT2D eigenvalue weighted by molar-refractivity contribution is 5.53. The molecule has 0 bridgehead atoms. The first-order valence-corrected chi connectivity index (χ1v) is 4.36. The highest BCUT2D eigenvalue weighted by Crippen LogP contribution is 2.22. The molecule has 1 rings (SSSR count). The number of nitrogens with zero attached hydrogens (tertiary/aromatic N) is 1. The molecule has 1 nitrogen and oxygen atoms in total. The zero-order valence-electron chi connectivity index (χ0n) is 8.12. The van der Waals surface area contributed by atoms with Gasteiger partial charge in [0.2, 0.25) is 0 Å². The van der Waals surface area contributed by atoms with E-state index in [-0.39, 0.29) is 5.92 Å². The second kappa shape index (κ2) is 4.30. The Hall–Kier alpha value is -1.99. The van der Waals surface area contributed by atoms with E-state index < -0.39 is 0 Å². The van der Waals surface area contributed by atoms with Crippen LogP contribution in [-0.2, 0) is 0 Å². The maximum atomic E-state index is 8.99. The van der Waals surface area contributed by atoms with Crippen molar-refractivity contribution in [2.24, 2.45) is 0 Å².